The van der Waals surface area contributed by atoms with Crippen LogP contribution in [-0.2, 0) is 4.79 Å². The molecule has 6 nitrogen and oxygen atoms in total. The molecular formula is C17H15ClN2O4. The third-order valence-electron chi connectivity index (χ3n) is 3.26. The van der Waals surface area contributed by atoms with E-state index in [4.69, 9.17) is 11.6 Å². The topological polar surface area (TPSA) is 92.5 Å². The van der Waals surface area contributed by atoms with E-state index in [-0.39, 0.29) is 18.1 Å². The molecule has 1 unspecified atom stereocenters. The van der Waals surface area contributed by atoms with Crippen LogP contribution in [0.15, 0.2) is 54.6 Å². The Bertz CT molecular complexity index is 742. The van der Waals surface area contributed by atoms with E-state index < -0.39 is 11.0 Å². The second kappa shape index (κ2) is 8.24. The summed E-state index contributed by atoms with van der Waals surface area (Å²) in [6.07, 6.45) is 2.00. The zero-order valence-corrected chi connectivity index (χ0v) is 13.3. The normalized spacial score (nSPS) is 12.1. The Hall–Kier alpha value is -2.70. The fraction of sp³-hybridized carbons (Fsp3) is 0.118. The van der Waals surface area contributed by atoms with Gasteiger partial charge in [-0.05, 0) is 41.5 Å². The number of nitrogens with zero attached hydrogens (tertiary/aromatic N) is 1. The first kappa shape index (κ1) is 17.7. The van der Waals surface area contributed by atoms with Crippen molar-refractivity contribution in [3.8, 4) is 0 Å². The van der Waals surface area contributed by atoms with Gasteiger partial charge in [-0.3, -0.25) is 14.9 Å². The van der Waals surface area contributed by atoms with Crippen molar-refractivity contribution in [3.05, 3.63) is 80.9 Å². The predicted octanol–water partition coefficient (Wildman–Crippen LogP) is 3.11. The minimum Gasteiger partial charge on any atom is -0.387 e. The summed E-state index contributed by atoms with van der Waals surface area (Å²) < 4.78 is 0. The molecule has 124 valence electrons. The molecule has 0 fully saturated rings. The van der Waals surface area contributed by atoms with Crippen LogP contribution in [0.3, 0.4) is 0 Å². The molecule has 2 aromatic rings. The lowest BCUT2D eigenvalue weighted by Gasteiger charge is -2.11. The number of rotatable bonds is 6. The number of carbonyl (C=O) groups excluding carboxylic acids is 1. The Morgan fingerprint density at radius 3 is 2.42 bits per heavy atom. The lowest BCUT2D eigenvalue weighted by Crippen LogP contribution is -2.26. The van der Waals surface area contributed by atoms with Crippen molar-refractivity contribution in [2.24, 2.45) is 0 Å². The Morgan fingerprint density at radius 1 is 1.21 bits per heavy atom. The summed E-state index contributed by atoms with van der Waals surface area (Å²) in [5, 5.41) is 23.7. The number of nitrogens with one attached hydrogen (secondary N) is 1. The van der Waals surface area contributed by atoms with Gasteiger partial charge < -0.3 is 10.4 Å². The fourth-order valence-electron chi connectivity index (χ4n) is 1.94. The first-order valence-corrected chi connectivity index (χ1v) is 7.47. The van der Waals surface area contributed by atoms with E-state index in [9.17, 15) is 20.0 Å². The summed E-state index contributed by atoms with van der Waals surface area (Å²) in [4.78, 5) is 21.8. The molecule has 2 N–H and O–H groups in total. The summed E-state index contributed by atoms with van der Waals surface area (Å²) in [6.45, 7) is 0.0606. The molecule has 1 atom stereocenters. The van der Waals surface area contributed by atoms with Gasteiger partial charge in [0, 0.05) is 29.8 Å². The lowest BCUT2D eigenvalue weighted by molar-refractivity contribution is -0.384. The van der Waals surface area contributed by atoms with Gasteiger partial charge in [0.05, 0.1) is 11.0 Å². The molecule has 0 heterocycles. The molecule has 0 aliphatic rings. The third-order valence-corrected chi connectivity index (χ3v) is 3.51. The third kappa shape index (κ3) is 5.19. The number of aliphatic hydroxyl groups excluding tert-OH is 1. The summed E-state index contributed by atoms with van der Waals surface area (Å²) in [6, 6.07) is 12.5. The van der Waals surface area contributed by atoms with Gasteiger partial charge in [-0.25, -0.2) is 0 Å². The molecule has 0 bridgehead atoms. The number of benzene rings is 2. The van der Waals surface area contributed by atoms with E-state index in [0.717, 1.165) is 0 Å². The van der Waals surface area contributed by atoms with E-state index in [0.29, 0.717) is 16.1 Å². The number of nitro benzene ring substituents is 1. The summed E-state index contributed by atoms with van der Waals surface area (Å²) in [7, 11) is 0. The molecule has 2 aromatic carbocycles. The Kier molecular flexibility index (Phi) is 6.06. The molecule has 1 amide bonds. The van der Waals surface area contributed by atoms with Crippen LogP contribution in [0, 0.1) is 10.1 Å². The number of halogens is 1. The Labute approximate surface area is 143 Å². The number of aliphatic hydroxyl groups is 1. The average molecular weight is 347 g/mol. The Morgan fingerprint density at radius 2 is 1.83 bits per heavy atom. The van der Waals surface area contributed by atoms with E-state index in [2.05, 4.69) is 5.32 Å². The zero-order valence-electron chi connectivity index (χ0n) is 12.6. The maximum absolute atomic E-state index is 11.7. The molecule has 0 radical (unpaired) electrons. The molecule has 7 heteroatoms. The number of nitro groups is 1. The molecule has 24 heavy (non-hydrogen) atoms. The first-order valence-electron chi connectivity index (χ1n) is 7.09. The maximum Gasteiger partial charge on any atom is 0.269 e. The van der Waals surface area contributed by atoms with Gasteiger partial charge in [0.25, 0.3) is 5.69 Å². The Balaban J connectivity index is 1.86. The van der Waals surface area contributed by atoms with Crippen LogP contribution >= 0.6 is 11.6 Å². The van der Waals surface area contributed by atoms with Gasteiger partial charge in [0.15, 0.2) is 0 Å². The highest BCUT2D eigenvalue weighted by atomic mass is 35.5. The van der Waals surface area contributed by atoms with E-state index in [1.165, 1.54) is 24.3 Å². The molecule has 0 saturated heterocycles. The van der Waals surface area contributed by atoms with Gasteiger partial charge in [-0.15, -0.1) is 0 Å². The predicted molar refractivity (Wildman–Crippen MR) is 91.6 cm³/mol. The first-order chi connectivity index (χ1) is 11.5. The van der Waals surface area contributed by atoms with Crippen LogP contribution in [-0.4, -0.2) is 22.5 Å². The summed E-state index contributed by atoms with van der Waals surface area (Å²) in [5.74, 6) is -0.374. The SMILES string of the molecule is O=C(/C=C/c1ccc([N+](=O)[O-])cc1)NCC(O)c1ccc(Cl)cc1. The molecule has 0 spiro atoms. The van der Waals surface area contributed by atoms with Gasteiger partial charge in [0.2, 0.25) is 5.91 Å². The van der Waals surface area contributed by atoms with Gasteiger partial charge >= 0.3 is 0 Å². The minimum atomic E-state index is -0.834. The van der Waals surface area contributed by atoms with Crippen LogP contribution < -0.4 is 5.32 Å². The smallest absolute Gasteiger partial charge is 0.269 e. The quantitative estimate of drug-likeness (QED) is 0.477. The zero-order chi connectivity index (χ0) is 17.5. The standard InChI is InChI=1S/C17H15ClN2O4/c18-14-6-4-13(5-7-14)16(21)11-19-17(22)10-3-12-1-8-15(9-2-12)20(23)24/h1-10,16,21H,11H2,(H,19,22)/b10-3+. The molecule has 0 aliphatic carbocycles. The van der Waals surface area contributed by atoms with E-state index in [1.54, 1.807) is 36.4 Å². The van der Waals surface area contributed by atoms with Gasteiger partial charge in [-0.2, -0.15) is 0 Å². The van der Waals surface area contributed by atoms with Crippen LogP contribution in [0.25, 0.3) is 6.08 Å². The van der Waals surface area contributed by atoms with Gasteiger partial charge in [0.1, 0.15) is 0 Å². The minimum absolute atomic E-state index is 0.0114. The lowest BCUT2D eigenvalue weighted by atomic mass is 10.1. The average Bonchev–Trinajstić information content (AvgIpc) is 2.58. The summed E-state index contributed by atoms with van der Waals surface area (Å²) >= 11 is 5.77. The van der Waals surface area contributed by atoms with E-state index >= 15 is 0 Å². The van der Waals surface area contributed by atoms with Crippen LogP contribution in [0.4, 0.5) is 5.69 Å². The van der Waals surface area contributed by atoms with Gasteiger partial charge in [-0.1, -0.05) is 23.7 Å². The molecule has 0 aromatic heterocycles. The van der Waals surface area contributed by atoms with Crippen LogP contribution in [0.2, 0.25) is 5.02 Å². The largest absolute Gasteiger partial charge is 0.387 e. The highest BCUT2D eigenvalue weighted by Gasteiger charge is 2.08. The maximum atomic E-state index is 11.7. The number of amides is 1. The molecule has 0 saturated carbocycles. The summed E-state index contributed by atoms with van der Waals surface area (Å²) in [5.41, 5.74) is 1.30. The van der Waals surface area contributed by atoms with Crippen molar-refractivity contribution in [2.75, 3.05) is 6.54 Å². The number of non-ortho nitro benzene ring substituents is 1. The highest BCUT2D eigenvalue weighted by molar-refractivity contribution is 6.30. The fourth-order valence-corrected chi connectivity index (χ4v) is 2.06. The van der Waals surface area contributed by atoms with Crippen LogP contribution in [0.5, 0.6) is 0 Å². The van der Waals surface area contributed by atoms with Crippen molar-refractivity contribution >= 4 is 29.3 Å². The number of carbonyl (C=O) groups is 1. The second-order valence-corrected chi connectivity index (χ2v) is 5.43. The molecular weight excluding hydrogens is 332 g/mol. The number of hydrogen-bond acceptors (Lipinski definition) is 4. The molecule has 2 rings (SSSR count). The van der Waals surface area contributed by atoms with Crippen molar-refractivity contribution in [1.82, 2.24) is 5.32 Å². The van der Waals surface area contributed by atoms with Crippen molar-refractivity contribution < 1.29 is 14.8 Å². The van der Waals surface area contributed by atoms with Crippen molar-refractivity contribution in [3.63, 3.8) is 0 Å². The van der Waals surface area contributed by atoms with Crippen molar-refractivity contribution in [1.29, 1.82) is 0 Å². The highest BCUT2D eigenvalue weighted by Crippen LogP contribution is 2.16. The molecule has 0 aliphatic heterocycles. The second-order valence-electron chi connectivity index (χ2n) is 4.99. The monoisotopic (exact) mass is 346 g/mol. The van der Waals surface area contributed by atoms with Crippen LogP contribution in [0.1, 0.15) is 17.2 Å². The van der Waals surface area contributed by atoms with Crippen molar-refractivity contribution in [2.45, 2.75) is 6.10 Å². The van der Waals surface area contributed by atoms with E-state index in [1.807, 2.05) is 0 Å². The number of hydrogen-bond donors (Lipinski definition) is 2.